The number of hydrogen-bond donors (Lipinski definition) is 1. The molecule has 0 spiro atoms. The Morgan fingerprint density at radius 2 is 1.78 bits per heavy atom. The molecule has 11 heteroatoms. The number of amides is 4. The fourth-order valence-corrected chi connectivity index (χ4v) is 3.83. The zero-order chi connectivity index (χ0) is 25.8. The molecular weight excluding hydrogens is 534 g/mol. The fraction of sp³-hybridized carbons (Fsp3) is 0.0800. The number of rotatable bonds is 7. The van der Waals surface area contributed by atoms with Gasteiger partial charge in [0.2, 0.25) is 0 Å². The van der Waals surface area contributed by atoms with Crippen molar-refractivity contribution in [1.29, 1.82) is 0 Å². The van der Waals surface area contributed by atoms with E-state index in [1.807, 2.05) is 0 Å². The molecule has 1 aliphatic heterocycles. The molecule has 0 bridgehead atoms. The largest absolute Gasteiger partial charge is 0.493 e. The van der Waals surface area contributed by atoms with Gasteiger partial charge in [0, 0.05) is 16.6 Å². The lowest BCUT2D eigenvalue weighted by molar-refractivity contribution is -0.384. The van der Waals surface area contributed by atoms with E-state index in [4.69, 9.17) is 9.47 Å². The number of carbonyl (C=O) groups excluding carboxylic acids is 3. The van der Waals surface area contributed by atoms with Crippen LogP contribution in [0.15, 0.2) is 76.8 Å². The van der Waals surface area contributed by atoms with Gasteiger partial charge in [-0.15, -0.1) is 0 Å². The van der Waals surface area contributed by atoms with Gasteiger partial charge in [-0.3, -0.25) is 25.0 Å². The minimum Gasteiger partial charge on any atom is -0.493 e. The molecule has 0 unspecified atom stereocenters. The molecule has 0 atom stereocenters. The van der Waals surface area contributed by atoms with Gasteiger partial charge < -0.3 is 9.47 Å². The van der Waals surface area contributed by atoms with Gasteiger partial charge in [0.1, 0.15) is 12.2 Å². The number of non-ortho nitro benzene ring substituents is 1. The van der Waals surface area contributed by atoms with Crippen molar-refractivity contribution in [3.05, 3.63) is 98.0 Å². The predicted molar refractivity (Wildman–Crippen MR) is 134 cm³/mol. The van der Waals surface area contributed by atoms with E-state index in [9.17, 15) is 24.5 Å². The van der Waals surface area contributed by atoms with Crippen LogP contribution in [0, 0.1) is 10.1 Å². The van der Waals surface area contributed by atoms with Crippen molar-refractivity contribution >= 4 is 51.2 Å². The molecule has 3 aromatic carbocycles. The summed E-state index contributed by atoms with van der Waals surface area (Å²) in [6, 6.07) is 16.5. The average molecular weight is 552 g/mol. The highest BCUT2D eigenvalue weighted by Crippen LogP contribution is 2.31. The van der Waals surface area contributed by atoms with Gasteiger partial charge in [0.05, 0.1) is 17.7 Å². The highest BCUT2D eigenvalue weighted by molar-refractivity contribution is 9.10. The van der Waals surface area contributed by atoms with Crippen LogP contribution in [0.2, 0.25) is 0 Å². The zero-order valence-corrected chi connectivity index (χ0v) is 20.4. The van der Waals surface area contributed by atoms with Gasteiger partial charge in [0.15, 0.2) is 11.5 Å². The highest BCUT2D eigenvalue weighted by Gasteiger charge is 2.36. The Morgan fingerprint density at radius 1 is 1.03 bits per heavy atom. The van der Waals surface area contributed by atoms with Crippen LogP contribution in [0.5, 0.6) is 11.5 Å². The Hall–Kier alpha value is -4.51. The molecule has 3 aromatic rings. The average Bonchev–Trinajstić information content (AvgIpc) is 2.85. The van der Waals surface area contributed by atoms with Gasteiger partial charge in [-0.25, -0.2) is 9.69 Å². The summed E-state index contributed by atoms with van der Waals surface area (Å²) in [6.45, 7) is 0.138. The number of ether oxygens (including phenoxy) is 2. The number of nitro benzene ring substituents is 1. The first-order valence-electron chi connectivity index (χ1n) is 10.5. The first kappa shape index (κ1) is 24.6. The standard InChI is InChI=1S/C25H18BrN3O7/c1-35-22-12-16(7-10-21(22)36-14-15-5-8-18(9-6-15)29(33)34)11-20-23(30)27-25(32)28(24(20)31)19-4-2-3-17(26)13-19/h2-13H,14H2,1H3,(H,27,30,32)/b20-11+. The van der Waals surface area contributed by atoms with E-state index in [2.05, 4.69) is 21.2 Å². The molecule has 1 aliphatic rings. The molecule has 4 rings (SSSR count). The van der Waals surface area contributed by atoms with Crippen LogP contribution in [0.1, 0.15) is 11.1 Å². The maximum atomic E-state index is 13.1. The Bertz CT molecular complexity index is 1400. The SMILES string of the molecule is COc1cc(/C=C2\C(=O)NC(=O)N(c3cccc(Br)c3)C2=O)ccc1OCc1ccc([N+](=O)[O-])cc1. The van der Waals surface area contributed by atoms with Crippen LogP contribution < -0.4 is 19.7 Å². The number of barbiturate groups is 1. The lowest BCUT2D eigenvalue weighted by Crippen LogP contribution is -2.54. The van der Waals surface area contributed by atoms with Gasteiger partial charge in [-0.1, -0.05) is 28.1 Å². The number of methoxy groups -OCH3 is 1. The number of halogens is 1. The molecule has 182 valence electrons. The van der Waals surface area contributed by atoms with Gasteiger partial charge in [0.25, 0.3) is 17.5 Å². The summed E-state index contributed by atoms with van der Waals surface area (Å²) in [6.07, 6.45) is 1.36. The lowest BCUT2D eigenvalue weighted by atomic mass is 10.1. The quantitative estimate of drug-likeness (QED) is 0.196. The van der Waals surface area contributed by atoms with Crippen molar-refractivity contribution in [3.63, 3.8) is 0 Å². The molecule has 1 heterocycles. The molecule has 0 saturated carbocycles. The molecule has 0 radical (unpaired) electrons. The number of nitrogens with one attached hydrogen (secondary N) is 1. The van der Waals surface area contributed by atoms with Crippen molar-refractivity contribution in [2.75, 3.05) is 12.0 Å². The van der Waals surface area contributed by atoms with Crippen molar-refractivity contribution < 1.29 is 28.8 Å². The number of hydrogen-bond acceptors (Lipinski definition) is 7. The third-order valence-corrected chi connectivity index (χ3v) is 5.70. The van der Waals surface area contributed by atoms with Gasteiger partial charge in [-0.2, -0.15) is 0 Å². The smallest absolute Gasteiger partial charge is 0.335 e. The van der Waals surface area contributed by atoms with Gasteiger partial charge >= 0.3 is 6.03 Å². The summed E-state index contributed by atoms with van der Waals surface area (Å²) in [5.74, 6) is -0.841. The molecule has 0 aromatic heterocycles. The molecule has 1 saturated heterocycles. The second-order valence-corrected chi connectivity index (χ2v) is 8.48. The molecule has 0 aliphatic carbocycles. The predicted octanol–water partition coefficient (Wildman–Crippen LogP) is 4.61. The van der Waals surface area contributed by atoms with Crippen LogP contribution in [-0.2, 0) is 16.2 Å². The van der Waals surface area contributed by atoms with Crippen LogP contribution in [0.3, 0.4) is 0 Å². The summed E-state index contributed by atoms with van der Waals surface area (Å²) < 4.78 is 11.8. The van der Waals surface area contributed by atoms with E-state index in [0.717, 1.165) is 10.5 Å². The van der Waals surface area contributed by atoms with Crippen molar-refractivity contribution in [3.8, 4) is 11.5 Å². The molecule has 1 N–H and O–H groups in total. The van der Waals surface area contributed by atoms with Crippen molar-refractivity contribution in [2.24, 2.45) is 0 Å². The summed E-state index contributed by atoms with van der Waals surface area (Å²) in [4.78, 5) is 49.1. The Morgan fingerprint density at radius 3 is 2.44 bits per heavy atom. The third-order valence-electron chi connectivity index (χ3n) is 5.21. The van der Waals surface area contributed by atoms with Crippen LogP contribution in [0.4, 0.5) is 16.2 Å². The maximum absolute atomic E-state index is 13.1. The number of nitrogens with zero attached hydrogens (tertiary/aromatic N) is 2. The third kappa shape index (κ3) is 5.26. The van der Waals surface area contributed by atoms with Crippen LogP contribution >= 0.6 is 15.9 Å². The number of urea groups is 1. The summed E-state index contributed by atoms with van der Waals surface area (Å²) >= 11 is 3.30. The van der Waals surface area contributed by atoms with E-state index in [1.165, 1.54) is 25.3 Å². The minimum atomic E-state index is -0.840. The minimum absolute atomic E-state index is 0.0184. The number of imide groups is 2. The summed E-state index contributed by atoms with van der Waals surface area (Å²) in [5, 5.41) is 13.0. The number of nitro groups is 1. The number of carbonyl (C=O) groups is 3. The first-order chi connectivity index (χ1) is 17.3. The fourth-order valence-electron chi connectivity index (χ4n) is 3.44. The van der Waals surface area contributed by atoms with Crippen molar-refractivity contribution in [2.45, 2.75) is 6.61 Å². The number of benzene rings is 3. The van der Waals surface area contributed by atoms with Crippen LogP contribution in [0.25, 0.3) is 6.08 Å². The Labute approximate surface area is 213 Å². The maximum Gasteiger partial charge on any atom is 0.335 e. The number of anilines is 1. The monoisotopic (exact) mass is 551 g/mol. The second kappa shape index (κ2) is 10.4. The summed E-state index contributed by atoms with van der Waals surface area (Å²) in [7, 11) is 1.44. The van der Waals surface area contributed by atoms with Gasteiger partial charge in [-0.05, 0) is 59.7 Å². The van der Waals surface area contributed by atoms with E-state index in [-0.39, 0.29) is 17.9 Å². The first-order valence-corrected chi connectivity index (χ1v) is 11.3. The van der Waals surface area contributed by atoms with E-state index >= 15 is 0 Å². The van der Waals surface area contributed by atoms with E-state index < -0.39 is 22.8 Å². The zero-order valence-electron chi connectivity index (χ0n) is 18.8. The highest BCUT2D eigenvalue weighted by atomic mass is 79.9. The topological polar surface area (TPSA) is 128 Å². The molecule has 10 nitrogen and oxygen atoms in total. The normalized spacial score (nSPS) is 14.6. The Balaban J connectivity index is 1.56. The molecule has 1 fully saturated rings. The molecular formula is C25H18BrN3O7. The molecule has 4 amide bonds. The van der Waals surface area contributed by atoms with E-state index in [0.29, 0.717) is 27.2 Å². The van der Waals surface area contributed by atoms with E-state index in [1.54, 1.807) is 54.6 Å². The van der Waals surface area contributed by atoms with Crippen LogP contribution in [-0.4, -0.2) is 29.9 Å². The second-order valence-electron chi connectivity index (χ2n) is 7.56. The Kier molecular flexibility index (Phi) is 7.11. The molecule has 36 heavy (non-hydrogen) atoms. The summed E-state index contributed by atoms with van der Waals surface area (Å²) in [5.41, 5.74) is 1.25. The van der Waals surface area contributed by atoms with Crippen molar-refractivity contribution in [1.82, 2.24) is 5.32 Å². The lowest BCUT2D eigenvalue weighted by Gasteiger charge is -2.26.